The van der Waals surface area contributed by atoms with E-state index in [4.69, 9.17) is 23.9 Å². The standard InChI is InChI=1S/C26H34N4O6Si/c1-33-20-9-10-27-25(34-2)22(20)19-14-30(15-36-11-12-37(4,5)6)23-16(19)7-8-21(28-23)29-24(31)17-13-18(17)26(32)35-3/h7-10,14,17-18H,11-13,15H2,1-6H3,(H,28,29,31)/t17-,18-/m1/s1. The van der Waals surface area contributed by atoms with Crippen LogP contribution in [0.15, 0.2) is 30.6 Å². The first kappa shape index (κ1) is 26.6. The zero-order valence-electron chi connectivity index (χ0n) is 22.2. The van der Waals surface area contributed by atoms with Gasteiger partial charge in [-0.2, -0.15) is 0 Å². The van der Waals surface area contributed by atoms with E-state index in [9.17, 15) is 9.59 Å². The molecule has 0 saturated heterocycles. The van der Waals surface area contributed by atoms with Crippen LogP contribution in [0.4, 0.5) is 5.82 Å². The van der Waals surface area contributed by atoms with Crippen molar-refractivity contribution < 1.29 is 28.5 Å². The fourth-order valence-corrected chi connectivity index (χ4v) is 4.94. The van der Waals surface area contributed by atoms with Gasteiger partial charge in [-0.25, -0.2) is 9.97 Å². The second-order valence-corrected chi connectivity index (χ2v) is 15.9. The molecule has 1 fully saturated rings. The van der Waals surface area contributed by atoms with Crippen molar-refractivity contribution in [2.45, 2.75) is 38.8 Å². The highest BCUT2D eigenvalue weighted by Gasteiger charge is 2.49. The van der Waals surface area contributed by atoms with E-state index in [1.807, 2.05) is 16.8 Å². The predicted octanol–water partition coefficient (Wildman–Crippen LogP) is 4.18. The predicted molar refractivity (Wildman–Crippen MR) is 142 cm³/mol. The van der Waals surface area contributed by atoms with Gasteiger partial charge in [0.2, 0.25) is 11.8 Å². The highest BCUT2D eigenvalue weighted by atomic mass is 28.3. The summed E-state index contributed by atoms with van der Waals surface area (Å²) in [6.07, 6.45) is 4.05. The topological polar surface area (TPSA) is 114 Å². The highest BCUT2D eigenvalue weighted by Crippen LogP contribution is 2.42. The molecule has 10 nitrogen and oxygen atoms in total. The maximum atomic E-state index is 12.7. The molecule has 1 saturated carbocycles. The van der Waals surface area contributed by atoms with E-state index in [2.05, 4.69) is 29.9 Å². The number of nitrogens with one attached hydrogen (secondary N) is 1. The molecule has 0 aliphatic heterocycles. The van der Waals surface area contributed by atoms with Crippen LogP contribution >= 0.6 is 0 Å². The molecule has 0 bridgehead atoms. The van der Waals surface area contributed by atoms with Crippen LogP contribution in [0, 0.1) is 11.8 Å². The maximum Gasteiger partial charge on any atom is 0.309 e. The molecule has 11 heteroatoms. The lowest BCUT2D eigenvalue weighted by Crippen LogP contribution is -2.22. The minimum Gasteiger partial charge on any atom is -0.496 e. The summed E-state index contributed by atoms with van der Waals surface area (Å²) in [5.74, 6) is 0.0321. The van der Waals surface area contributed by atoms with Crippen LogP contribution in [-0.4, -0.2) is 62.4 Å². The van der Waals surface area contributed by atoms with Crippen LogP contribution < -0.4 is 14.8 Å². The Labute approximate surface area is 217 Å². The molecule has 1 amide bonds. The van der Waals surface area contributed by atoms with E-state index >= 15 is 0 Å². The second-order valence-electron chi connectivity index (χ2n) is 10.3. The summed E-state index contributed by atoms with van der Waals surface area (Å²) in [6.45, 7) is 7.87. The summed E-state index contributed by atoms with van der Waals surface area (Å²) in [5.41, 5.74) is 2.16. The van der Waals surface area contributed by atoms with Gasteiger partial charge in [0.05, 0.1) is 38.7 Å². The number of nitrogens with zero attached hydrogens (tertiary/aromatic N) is 3. The van der Waals surface area contributed by atoms with Gasteiger partial charge < -0.3 is 28.8 Å². The minimum absolute atomic E-state index is 0.248. The fourth-order valence-electron chi connectivity index (χ4n) is 4.19. The Kier molecular flexibility index (Phi) is 7.84. The van der Waals surface area contributed by atoms with Gasteiger partial charge in [-0.3, -0.25) is 9.59 Å². The molecule has 1 aliphatic rings. The first-order valence-corrected chi connectivity index (χ1v) is 15.9. The van der Waals surface area contributed by atoms with Gasteiger partial charge in [0, 0.05) is 38.0 Å². The Morgan fingerprint density at radius 2 is 1.89 bits per heavy atom. The summed E-state index contributed by atoms with van der Waals surface area (Å²) in [7, 11) is 3.25. The monoisotopic (exact) mass is 526 g/mol. The number of amides is 1. The fraction of sp³-hybridized carbons (Fsp3) is 0.462. The average molecular weight is 527 g/mol. The molecule has 0 spiro atoms. The normalized spacial score (nSPS) is 16.9. The molecular weight excluding hydrogens is 492 g/mol. The molecule has 3 aromatic heterocycles. The zero-order valence-corrected chi connectivity index (χ0v) is 23.2. The van der Waals surface area contributed by atoms with Crippen molar-refractivity contribution in [1.82, 2.24) is 14.5 Å². The molecule has 0 aromatic carbocycles. The molecule has 0 radical (unpaired) electrons. The summed E-state index contributed by atoms with van der Waals surface area (Å²) >= 11 is 0. The van der Waals surface area contributed by atoms with E-state index in [0.717, 1.165) is 17.0 Å². The largest absolute Gasteiger partial charge is 0.496 e. The number of rotatable bonds is 11. The Morgan fingerprint density at radius 3 is 2.57 bits per heavy atom. The van der Waals surface area contributed by atoms with Crippen LogP contribution in [0.3, 0.4) is 0 Å². The van der Waals surface area contributed by atoms with Crippen LogP contribution in [0.2, 0.25) is 25.7 Å². The number of hydrogen-bond acceptors (Lipinski definition) is 8. The van der Waals surface area contributed by atoms with Gasteiger partial charge >= 0.3 is 5.97 Å². The minimum atomic E-state index is -1.24. The van der Waals surface area contributed by atoms with Gasteiger partial charge in [-0.05, 0) is 30.7 Å². The van der Waals surface area contributed by atoms with E-state index in [-0.39, 0.29) is 11.9 Å². The molecule has 3 aromatic rings. The Hall–Kier alpha value is -3.44. The van der Waals surface area contributed by atoms with E-state index in [1.54, 1.807) is 32.5 Å². The third-order valence-electron chi connectivity index (χ3n) is 6.39. The zero-order chi connectivity index (χ0) is 26.7. The molecule has 3 heterocycles. The number of aromatic nitrogens is 3. The number of hydrogen-bond donors (Lipinski definition) is 1. The first-order chi connectivity index (χ1) is 17.7. The van der Waals surface area contributed by atoms with E-state index < -0.39 is 19.9 Å². The Balaban J connectivity index is 1.68. The van der Waals surface area contributed by atoms with Gasteiger partial charge in [0.25, 0.3) is 0 Å². The number of pyridine rings is 2. The molecule has 2 atom stereocenters. The van der Waals surface area contributed by atoms with Crippen molar-refractivity contribution in [3.05, 3.63) is 30.6 Å². The quantitative estimate of drug-likeness (QED) is 0.225. The molecule has 0 unspecified atom stereocenters. The molecule has 4 rings (SSSR count). The number of ether oxygens (including phenoxy) is 4. The van der Waals surface area contributed by atoms with Gasteiger partial charge in [0.15, 0.2) is 0 Å². The Bertz CT molecular complexity index is 1280. The van der Waals surface area contributed by atoms with Gasteiger partial charge in [-0.15, -0.1) is 0 Å². The average Bonchev–Trinajstić information content (AvgIpc) is 3.61. The van der Waals surface area contributed by atoms with Crippen molar-refractivity contribution in [1.29, 1.82) is 0 Å². The number of carbonyl (C=O) groups excluding carboxylic acids is 2. The summed E-state index contributed by atoms with van der Waals surface area (Å²) in [4.78, 5) is 33.5. The van der Waals surface area contributed by atoms with Crippen molar-refractivity contribution in [2.75, 3.05) is 33.3 Å². The molecule has 198 valence electrons. The van der Waals surface area contributed by atoms with Crippen LogP contribution in [-0.2, 0) is 25.8 Å². The molecule has 1 aliphatic carbocycles. The van der Waals surface area contributed by atoms with Crippen molar-refractivity contribution in [2.24, 2.45) is 11.8 Å². The number of anilines is 1. The highest BCUT2D eigenvalue weighted by molar-refractivity contribution is 6.76. The van der Waals surface area contributed by atoms with Gasteiger partial charge in [0.1, 0.15) is 23.9 Å². The van der Waals surface area contributed by atoms with Crippen LogP contribution in [0.5, 0.6) is 11.6 Å². The van der Waals surface area contributed by atoms with Crippen LogP contribution in [0.1, 0.15) is 6.42 Å². The summed E-state index contributed by atoms with van der Waals surface area (Å²) < 4.78 is 23.8. The van der Waals surface area contributed by atoms with Crippen molar-refractivity contribution >= 4 is 36.8 Å². The maximum absolute atomic E-state index is 12.7. The molecule has 1 N–H and O–H groups in total. The third kappa shape index (κ3) is 5.94. The number of fused-ring (bicyclic) bond motifs is 1. The Morgan fingerprint density at radius 1 is 1.11 bits per heavy atom. The smallest absolute Gasteiger partial charge is 0.309 e. The van der Waals surface area contributed by atoms with Crippen molar-refractivity contribution in [3.63, 3.8) is 0 Å². The van der Waals surface area contributed by atoms with Gasteiger partial charge in [-0.1, -0.05) is 19.6 Å². The molecule has 37 heavy (non-hydrogen) atoms. The molecular formula is C26H34N4O6Si. The summed E-state index contributed by atoms with van der Waals surface area (Å²) in [6, 6.07) is 6.45. The lowest BCUT2D eigenvalue weighted by atomic mass is 10.1. The second kappa shape index (κ2) is 10.9. The van der Waals surface area contributed by atoms with E-state index in [1.165, 1.54) is 7.11 Å². The van der Waals surface area contributed by atoms with Crippen molar-refractivity contribution in [3.8, 4) is 22.8 Å². The third-order valence-corrected chi connectivity index (χ3v) is 8.10. The lowest BCUT2D eigenvalue weighted by Gasteiger charge is -2.15. The number of esters is 1. The number of methoxy groups -OCH3 is 3. The number of carbonyl (C=O) groups is 2. The van der Waals surface area contributed by atoms with E-state index in [0.29, 0.717) is 48.4 Å². The van der Waals surface area contributed by atoms with Crippen LogP contribution in [0.25, 0.3) is 22.2 Å². The SMILES string of the molecule is COC(=O)[C@@H]1C[C@H]1C(=O)Nc1ccc2c(-c3c(OC)ccnc3OC)cn(COCC[Si](C)(C)C)c2n1. The summed E-state index contributed by atoms with van der Waals surface area (Å²) in [5, 5.41) is 3.67. The lowest BCUT2D eigenvalue weighted by molar-refractivity contribution is -0.143. The first-order valence-electron chi connectivity index (χ1n) is 12.2.